The minimum Gasteiger partial charge on any atom is -0.369 e. The molecule has 1 aliphatic carbocycles. The first-order chi connectivity index (χ1) is 12.6. The van der Waals surface area contributed by atoms with E-state index in [1.54, 1.807) is 13.2 Å². The van der Waals surface area contributed by atoms with E-state index < -0.39 is 0 Å². The average Bonchev–Trinajstić information content (AvgIpc) is 3.47. The summed E-state index contributed by atoms with van der Waals surface area (Å²) in [4.78, 5) is 20.6. The number of anilines is 2. The molecular weight excluding hydrogens is 328 g/mol. The van der Waals surface area contributed by atoms with Gasteiger partial charge < -0.3 is 21.3 Å². The molecule has 0 bridgehead atoms. The van der Waals surface area contributed by atoms with Crippen LogP contribution in [-0.2, 0) is 4.79 Å². The zero-order valence-corrected chi connectivity index (χ0v) is 16.0. The number of aromatic nitrogens is 2. The summed E-state index contributed by atoms with van der Waals surface area (Å²) >= 11 is 0. The first kappa shape index (κ1) is 20.0. The molecule has 0 unspecified atom stereocenters. The number of likely N-dealkylation sites (N-methyl/N-ethyl adjacent to an activating group) is 1. The fourth-order valence-corrected chi connectivity index (χ4v) is 2.16. The quantitative estimate of drug-likeness (QED) is 0.376. The molecule has 1 aromatic heterocycles. The molecule has 1 heterocycles. The molecule has 0 saturated heterocycles. The van der Waals surface area contributed by atoms with Crippen molar-refractivity contribution in [2.24, 2.45) is 0 Å². The number of nitrogens with one attached hydrogen (secondary N) is 4. The molecule has 0 aromatic carbocycles. The van der Waals surface area contributed by atoms with Crippen LogP contribution in [0.3, 0.4) is 0 Å². The molecule has 1 atom stereocenters. The molecule has 2 rings (SSSR count). The number of amides is 1. The summed E-state index contributed by atoms with van der Waals surface area (Å²) in [5.74, 6) is 7.76. The highest BCUT2D eigenvalue weighted by Gasteiger charge is 2.22. The van der Waals surface area contributed by atoms with Crippen LogP contribution in [-0.4, -0.2) is 48.1 Å². The van der Waals surface area contributed by atoms with E-state index in [-0.39, 0.29) is 11.9 Å². The second-order valence-electron chi connectivity index (χ2n) is 6.51. The molecule has 7 heteroatoms. The van der Waals surface area contributed by atoms with Gasteiger partial charge in [-0.25, -0.2) is 4.98 Å². The van der Waals surface area contributed by atoms with E-state index in [2.05, 4.69) is 50.0 Å². The van der Waals surface area contributed by atoms with Crippen molar-refractivity contribution in [3.05, 3.63) is 11.8 Å². The Kier molecular flexibility index (Phi) is 8.16. The van der Waals surface area contributed by atoms with E-state index in [1.165, 1.54) is 12.8 Å². The van der Waals surface area contributed by atoms with Crippen molar-refractivity contribution in [1.82, 2.24) is 20.6 Å². The fraction of sp³-hybridized carbons (Fsp3) is 0.632. The smallest absolute Gasteiger partial charge is 0.236 e. The molecule has 1 aliphatic rings. The Hall–Kier alpha value is -2.33. The normalized spacial score (nSPS) is 14.1. The zero-order valence-electron chi connectivity index (χ0n) is 16.0. The predicted molar refractivity (Wildman–Crippen MR) is 105 cm³/mol. The average molecular weight is 358 g/mol. The van der Waals surface area contributed by atoms with Gasteiger partial charge in [0.1, 0.15) is 5.82 Å². The van der Waals surface area contributed by atoms with Crippen LogP contribution < -0.4 is 21.3 Å². The molecule has 7 nitrogen and oxygen atoms in total. The molecule has 26 heavy (non-hydrogen) atoms. The first-order valence-corrected chi connectivity index (χ1v) is 9.45. The molecule has 4 N–H and O–H groups in total. The Labute approximate surface area is 156 Å². The second kappa shape index (κ2) is 10.6. The summed E-state index contributed by atoms with van der Waals surface area (Å²) < 4.78 is 0. The maximum absolute atomic E-state index is 11.6. The molecule has 0 aliphatic heterocycles. The number of rotatable bonds is 10. The van der Waals surface area contributed by atoms with E-state index in [1.807, 2.05) is 6.92 Å². The number of hydrogen-bond donors (Lipinski definition) is 4. The van der Waals surface area contributed by atoms with E-state index in [9.17, 15) is 4.79 Å². The lowest BCUT2D eigenvalue weighted by molar-refractivity contribution is -0.122. The van der Waals surface area contributed by atoms with Crippen molar-refractivity contribution >= 4 is 17.7 Å². The van der Waals surface area contributed by atoms with Gasteiger partial charge in [-0.05, 0) is 39.7 Å². The van der Waals surface area contributed by atoms with Crippen molar-refractivity contribution in [1.29, 1.82) is 0 Å². The highest BCUT2D eigenvalue weighted by atomic mass is 16.2. The van der Waals surface area contributed by atoms with Crippen LogP contribution in [0.4, 0.5) is 11.8 Å². The van der Waals surface area contributed by atoms with E-state index in [4.69, 9.17) is 0 Å². The van der Waals surface area contributed by atoms with Crippen LogP contribution in [0.1, 0.15) is 51.5 Å². The molecule has 1 fully saturated rings. The minimum atomic E-state index is -0.173. The van der Waals surface area contributed by atoms with Crippen LogP contribution in [0.2, 0.25) is 0 Å². The number of unbranched alkanes of at least 4 members (excludes halogenated alkanes) is 1. The lowest BCUT2D eigenvalue weighted by Gasteiger charge is -2.10. The van der Waals surface area contributed by atoms with Gasteiger partial charge in [-0.15, -0.1) is 0 Å². The highest BCUT2D eigenvalue weighted by Crippen LogP contribution is 2.23. The SMILES string of the molecule is CCCNc1nc(NC2CC2)ncc1C#CCCCNC(=O)[C@H](C)NC. The fourth-order valence-electron chi connectivity index (χ4n) is 2.16. The number of carbonyl (C=O) groups excluding carboxylic acids is 1. The maximum Gasteiger partial charge on any atom is 0.236 e. The third-order valence-corrected chi connectivity index (χ3v) is 4.07. The second-order valence-corrected chi connectivity index (χ2v) is 6.51. The van der Waals surface area contributed by atoms with Crippen molar-refractivity contribution in [3.63, 3.8) is 0 Å². The van der Waals surface area contributed by atoms with E-state index in [0.717, 1.165) is 30.8 Å². The van der Waals surface area contributed by atoms with E-state index in [0.29, 0.717) is 25.0 Å². The highest BCUT2D eigenvalue weighted by molar-refractivity contribution is 5.81. The van der Waals surface area contributed by atoms with Gasteiger partial charge in [-0.2, -0.15) is 4.98 Å². The van der Waals surface area contributed by atoms with Crippen molar-refractivity contribution in [2.75, 3.05) is 30.8 Å². The largest absolute Gasteiger partial charge is 0.369 e. The van der Waals surface area contributed by atoms with Gasteiger partial charge in [0.15, 0.2) is 0 Å². The zero-order chi connectivity index (χ0) is 18.8. The summed E-state index contributed by atoms with van der Waals surface area (Å²) in [6, 6.07) is 0.347. The third kappa shape index (κ3) is 6.89. The predicted octanol–water partition coefficient (Wildman–Crippen LogP) is 1.73. The summed E-state index contributed by atoms with van der Waals surface area (Å²) in [6.07, 6.45) is 6.70. The summed E-state index contributed by atoms with van der Waals surface area (Å²) in [5, 5.41) is 12.4. The van der Waals surface area contributed by atoms with Gasteiger partial charge in [0.25, 0.3) is 0 Å². The Morgan fingerprint density at radius 3 is 2.88 bits per heavy atom. The molecule has 1 aromatic rings. The van der Waals surface area contributed by atoms with Crippen LogP contribution in [0.5, 0.6) is 0 Å². The molecule has 1 amide bonds. The summed E-state index contributed by atoms with van der Waals surface area (Å²) in [7, 11) is 1.77. The van der Waals surface area contributed by atoms with Gasteiger partial charge in [-0.3, -0.25) is 4.79 Å². The van der Waals surface area contributed by atoms with Gasteiger partial charge >= 0.3 is 0 Å². The Morgan fingerprint density at radius 1 is 1.38 bits per heavy atom. The Balaban J connectivity index is 1.85. The van der Waals surface area contributed by atoms with E-state index >= 15 is 0 Å². The maximum atomic E-state index is 11.6. The number of nitrogens with zero attached hydrogens (tertiary/aromatic N) is 2. The van der Waals surface area contributed by atoms with Crippen molar-refractivity contribution in [3.8, 4) is 11.8 Å². The summed E-state index contributed by atoms with van der Waals surface area (Å²) in [5.41, 5.74) is 0.813. The Bertz CT molecular complexity index is 647. The standard InChI is InChI=1S/C19H30N6O/c1-4-11-21-17-15(13-23-19(25-17)24-16-9-10-16)8-6-5-7-12-22-18(26)14(2)20-3/h13-14,16,20H,4-5,7,9-12H2,1-3H3,(H,22,26)(H2,21,23,24,25)/t14-/m0/s1. The molecular formula is C19H30N6O. The summed E-state index contributed by atoms with van der Waals surface area (Å²) in [6.45, 7) is 5.43. The van der Waals surface area contributed by atoms with Crippen molar-refractivity contribution in [2.45, 2.75) is 58.0 Å². The molecule has 0 spiro atoms. The van der Waals surface area contributed by atoms with Crippen LogP contribution >= 0.6 is 0 Å². The molecule has 1 saturated carbocycles. The van der Waals surface area contributed by atoms with Gasteiger partial charge in [0.2, 0.25) is 11.9 Å². The first-order valence-electron chi connectivity index (χ1n) is 9.45. The van der Waals surface area contributed by atoms with Crippen molar-refractivity contribution < 1.29 is 4.79 Å². The monoisotopic (exact) mass is 358 g/mol. The lowest BCUT2D eigenvalue weighted by atomic mass is 10.2. The topological polar surface area (TPSA) is 91.0 Å². The van der Waals surface area contributed by atoms with Gasteiger partial charge in [0.05, 0.1) is 17.8 Å². The van der Waals surface area contributed by atoms with Crippen LogP contribution in [0.15, 0.2) is 6.20 Å². The number of carbonyl (C=O) groups is 1. The van der Waals surface area contributed by atoms with Crippen LogP contribution in [0, 0.1) is 11.8 Å². The minimum absolute atomic E-state index is 0.0127. The van der Waals surface area contributed by atoms with Crippen LogP contribution in [0.25, 0.3) is 0 Å². The Morgan fingerprint density at radius 2 is 2.19 bits per heavy atom. The van der Waals surface area contributed by atoms with Gasteiger partial charge in [0, 0.05) is 25.6 Å². The molecule has 142 valence electrons. The van der Waals surface area contributed by atoms with Gasteiger partial charge in [-0.1, -0.05) is 18.8 Å². The lowest BCUT2D eigenvalue weighted by Crippen LogP contribution is -2.40. The number of hydrogen-bond acceptors (Lipinski definition) is 6. The third-order valence-electron chi connectivity index (χ3n) is 4.07. The molecule has 0 radical (unpaired) electrons.